The molecular formula is C14H14F2O2S. The number of rotatable bonds is 4. The average molecular weight is 284 g/mol. The van der Waals surface area contributed by atoms with Crippen LogP contribution in [0.1, 0.15) is 27.0 Å². The minimum absolute atomic E-state index is 0.00764. The summed E-state index contributed by atoms with van der Waals surface area (Å²) in [6.07, 6.45) is -0.958. The Balaban J connectivity index is 2.38. The van der Waals surface area contributed by atoms with E-state index in [2.05, 4.69) is 4.74 Å². The van der Waals surface area contributed by atoms with Gasteiger partial charge in [-0.15, -0.1) is 11.3 Å². The fraction of sp³-hybridized carbons (Fsp3) is 0.286. The summed E-state index contributed by atoms with van der Waals surface area (Å²) in [6.45, 7) is 0.932. The van der Waals surface area contributed by atoms with E-state index in [0.29, 0.717) is 5.56 Å². The van der Waals surface area contributed by atoms with Crippen LogP contribution in [0.2, 0.25) is 0 Å². The van der Waals surface area contributed by atoms with Gasteiger partial charge in [-0.1, -0.05) is 18.2 Å². The summed E-state index contributed by atoms with van der Waals surface area (Å²) < 4.78 is 29.1. The van der Waals surface area contributed by atoms with Crippen LogP contribution in [-0.2, 0) is 0 Å². The van der Waals surface area contributed by atoms with Gasteiger partial charge in [0.15, 0.2) is 0 Å². The first-order valence-corrected chi connectivity index (χ1v) is 6.59. The SMILES string of the molecule is Cc1cc(C(O)c2ccccc2OC(F)F)c(C)s1. The Kier molecular flexibility index (Phi) is 4.17. The summed E-state index contributed by atoms with van der Waals surface area (Å²) in [5.41, 5.74) is 1.08. The number of para-hydroxylation sites is 1. The smallest absolute Gasteiger partial charge is 0.387 e. The molecule has 19 heavy (non-hydrogen) atoms. The molecule has 1 atom stereocenters. The number of aryl methyl sites for hydroxylation is 2. The number of thiophene rings is 1. The first-order valence-electron chi connectivity index (χ1n) is 5.77. The molecule has 1 N–H and O–H groups in total. The molecule has 5 heteroatoms. The quantitative estimate of drug-likeness (QED) is 0.918. The zero-order valence-electron chi connectivity index (χ0n) is 10.6. The third-order valence-electron chi connectivity index (χ3n) is 2.80. The molecule has 0 saturated carbocycles. The molecule has 0 radical (unpaired) electrons. The van der Waals surface area contributed by atoms with Gasteiger partial charge in [0.1, 0.15) is 11.9 Å². The van der Waals surface area contributed by atoms with Gasteiger partial charge in [-0.3, -0.25) is 0 Å². The minimum Gasteiger partial charge on any atom is -0.434 e. The van der Waals surface area contributed by atoms with Crippen molar-refractivity contribution in [2.45, 2.75) is 26.6 Å². The highest BCUT2D eigenvalue weighted by Gasteiger charge is 2.20. The van der Waals surface area contributed by atoms with Crippen molar-refractivity contribution in [3.63, 3.8) is 0 Å². The third-order valence-corrected chi connectivity index (χ3v) is 3.79. The van der Waals surface area contributed by atoms with Gasteiger partial charge >= 0.3 is 6.61 Å². The van der Waals surface area contributed by atoms with Gasteiger partial charge in [0, 0.05) is 15.3 Å². The Morgan fingerprint density at radius 2 is 1.84 bits per heavy atom. The number of benzene rings is 1. The molecule has 0 spiro atoms. The van der Waals surface area contributed by atoms with Gasteiger partial charge in [0.25, 0.3) is 0 Å². The van der Waals surface area contributed by atoms with E-state index in [0.717, 1.165) is 15.3 Å². The van der Waals surface area contributed by atoms with Gasteiger partial charge in [-0.25, -0.2) is 0 Å². The number of ether oxygens (including phenoxy) is 1. The van der Waals surface area contributed by atoms with Crippen molar-refractivity contribution < 1.29 is 18.6 Å². The summed E-state index contributed by atoms with van der Waals surface area (Å²) in [5, 5.41) is 10.4. The van der Waals surface area contributed by atoms with E-state index in [1.165, 1.54) is 6.07 Å². The molecule has 2 rings (SSSR count). The second-order valence-electron chi connectivity index (χ2n) is 4.19. The molecule has 0 aliphatic rings. The molecule has 0 amide bonds. The normalized spacial score (nSPS) is 12.7. The molecule has 1 heterocycles. The summed E-state index contributed by atoms with van der Waals surface area (Å²) >= 11 is 1.56. The van der Waals surface area contributed by atoms with E-state index < -0.39 is 12.7 Å². The summed E-state index contributed by atoms with van der Waals surface area (Å²) in [5.74, 6) is 0.00764. The first-order chi connectivity index (χ1) is 8.99. The maximum Gasteiger partial charge on any atom is 0.387 e. The minimum atomic E-state index is -2.90. The van der Waals surface area contributed by atoms with E-state index in [4.69, 9.17) is 0 Å². The topological polar surface area (TPSA) is 29.5 Å². The largest absolute Gasteiger partial charge is 0.434 e. The van der Waals surface area contributed by atoms with Crippen molar-refractivity contribution >= 4 is 11.3 Å². The lowest BCUT2D eigenvalue weighted by Crippen LogP contribution is -2.08. The van der Waals surface area contributed by atoms with Crippen LogP contribution in [-0.4, -0.2) is 11.7 Å². The lowest BCUT2D eigenvalue weighted by Gasteiger charge is -2.15. The third kappa shape index (κ3) is 3.11. The summed E-state index contributed by atoms with van der Waals surface area (Å²) in [4.78, 5) is 2.04. The summed E-state index contributed by atoms with van der Waals surface area (Å²) in [7, 11) is 0. The van der Waals surface area contributed by atoms with Gasteiger partial charge in [-0.05, 0) is 31.5 Å². The van der Waals surface area contributed by atoms with Crippen molar-refractivity contribution in [2.75, 3.05) is 0 Å². The van der Waals surface area contributed by atoms with Crippen LogP contribution in [0.15, 0.2) is 30.3 Å². The second kappa shape index (κ2) is 5.67. The molecule has 1 aromatic heterocycles. The van der Waals surface area contributed by atoms with E-state index in [1.54, 1.807) is 29.5 Å². The Morgan fingerprint density at radius 3 is 2.42 bits per heavy atom. The molecular weight excluding hydrogens is 270 g/mol. The fourth-order valence-corrected chi connectivity index (χ4v) is 2.96. The van der Waals surface area contributed by atoms with Crippen molar-refractivity contribution in [2.24, 2.45) is 0 Å². The lowest BCUT2D eigenvalue weighted by molar-refractivity contribution is -0.0512. The predicted molar refractivity (Wildman–Crippen MR) is 70.9 cm³/mol. The maximum atomic E-state index is 12.3. The predicted octanol–water partition coefficient (Wildman–Crippen LogP) is 4.05. The van der Waals surface area contributed by atoms with Crippen LogP contribution in [0.25, 0.3) is 0 Å². The number of aliphatic hydroxyl groups excluding tert-OH is 1. The maximum absolute atomic E-state index is 12.3. The average Bonchev–Trinajstić information content (AvgIpc) is 2.67. The van der Waals surface area contributed by atoms with Crippen molar-refractivity contribution in [1.82, 2.24) is 0 Å². The molecule has 0 aliphatic heterocycles. The van der Waals surface area contributed by atoms with E-state index in [9.17, 15) is 13.9 Å². The number of aliphatic hydroxyl groups is 1. The van der Waals surface area contributed by atoms with Gasteiger partial charge in [0.2, 0.25) is 0 Å². The Bertz CT molecular complexity index is 566. The van der Waals surface area contributed by atoms with Crippen LogP contribution in [0, 0.1) is 13.8 Å². The highest BCUT2D eigenvalue weighted by atomic mass is 32.1. The van der Waals surface area contributed by atoms with E-state index >= 15 is 0 Å². The van der Waals surface area contributed by atoms with Gasteiger partial charge < -0.3 is 9.84 Å². The fourth-order valence-electron chi connectivity index (χ4n) is 2.00. The van der Waals surface area contributed by atoms with Crippen LogP contribution >= 0.6 is 11.3 Å². The lowest BCUT2D eigenvalue weighted by atomic mass is 10.0. The Hall–Kier alpha value is -1.46. The van der Waals surface area contributed by atoms with Crippen LogP contribution in [0.5, 0.6) is 5.75 Å². The first kappa shape index (κ1) is 14.0. The number of hydrogen-bond acceptors (Lipinski definition) is 3. The molecule has 0 fully saturated rings. The monoisotopic (exact) mass is 284 g/mol. The van der Waals surface area contributed by atoms with E-state index in [-0.39, 0.29) is 5.75 Å². The van der Waals surface area contributed by atoms with Gasteiger partial charge in [0.05, 0.1) is 0 Å². The molecule has 0 aliphatic carbocycles. The summed E-state index contributed by atoms with van der Waals surface area (Å²) in [6, 6.07) is 8.17. The molecule has 1 unspecified atom stereocenters. The van der Waals surface area contributed by atoms with Gasteiger partial charge in [-0.2, -0.15) is 8.78 Å². The van der Waals surface area contributed by atoms with Crippen LogP contribution < -0.4 is 4.74 Å². The van der Waals surface area contributed by atoms with Crippen LogP contribution in [0.4, 0.5) is 8.78 Å². The van der Waals surface area contributed by atoms with Crippen molar-refractivity contribution in [1.29, 1.82) is 0 Å². The zero-order valence-corrected chi connectivity index (χ0v) is 11.4. The Morgan fingerprint density at radius 1 is 1.16 bits per heavy atom. The number of halogens is 2. The zero-order chi connectivity index (χ0) is 14.0. The highest BCUT2D eigenvalue weighted by molar-refractivity contribution is 7.12. The number of alkyl halides is 2. The second-order valence-corrected chi connectivity index (χ2v) is 5.65. The molecule has 2 nitrogen and oxygen atoms in total. The van der Waals surface area contributed by atoms with Crippen LogP contribution in [0.3, 0.4) is 0 Å². The molecule has 102 valence electrons. The van der Waals surface area contributed by atoms with E-state index in [1.807, 2.05) is 19.9 Å². The number of hydrogen-bond donors (Lipinski definition) is 1. The van der Waals surface area contributed by atoms with Crippen molar-refractivity contribution in [3.05, 3.63) is 51.2 Å². The standard InChI is InChI=1S/C14H14F2O2S/c1-8-7-11(9(2)19-8)13(17)10-5-3-4-6-12(10)18-14(15)16/h3-7,13-14,17H,1-2H3. The molecule has 1 aromatic carbocycles. The molecule has 2 aromatic rings. The molecule has 0 bridgehead atoms. The highest BCUT2D eigenvalue weighted by Crippen LogP contribution is 2.35. The van der Waals surface area contributed by atoms with Crippen molar-refractivity contribution in [3.8, 4) is 5.75 Å². The molecule has 0 saturated heterocycles. The Labute approximate surface area is 114 Å².